The number of halogens is 5. The zero-order chi connectivity index (χ0) is 17.4. The number of alkyl halides is 3. The molecule has 0 fully saturated rings. The minimum atomic E-state index is -4.83. The van der Waals surface area contributed by atoms with E-state index in [2.05, 4.69) is 9.97 Å². The van der Waals surface area contributed by atoms with Gasteiger partial charge in [0.15, 0.2) is 0 Å². The van der Waals surface area contributed by atoms with Crippen LogP contribution in [0, 0.1) is 18.6 Å². The predicted molar refractivity (Wildman–Crippen MR) is 69.9 cm³/mol. The third-order valence-corrected chi connectivity index (χ3v) is 2.71. The highest BCUT2D eigenvalue weighted by Crippen LogP contribution is 2.32. The number of para-hydroxylation sites is 1. The van der Waals surface area contributed by atoms with Gasteiger partial charge in [0.25, 0.3) is 0 Å². The number of hydrogen-bond acceptors (Lipinski definition) is 3. The number of nitrogens with zero attached hydrogens (tertiary/aromatic N) is 3. The van der Waals surface area contributed by atoms with E-state index in [0.29, 0.717) is 6.07 Å². The second kappa shape index (κ2) is 5.78. The number of benzene rings is 1. The average molecular weight is 332 g/mol. The van der Waals surface area contributed by atoms with Crippen LogP contribution in [-0.4, -0.2) is 16.0 Å². The molecule has 2 N–H and O–H groups in total. The van der Waals surface area contributed by atoms with E-state index in [-0.39, 0.29) is 10.6 Å². The van der Waals surface area contributed by atoms with Crippen LogP contribution >= 0.6 is 0 Å². The second-order valence-electron chi connectivity index (χ2n) is 4.44. The number of aryl methyl sites for hydroxylation is 1. The number of primary amides is 1. The van der Waals surface area contributed by atoms with E-state index in [9.17, 15) is 26.7 Å². The Labute approximate surface area is 126 Å². The number of amides is 2. The maximum absolute atomic E-state index is 13.8. The van der Waals surface area contributed by atoms with Gasteiger partial charge in [-0.3, -0.25) is 0 Å². The summed E-state index contributed by atoms with van der Waals surface area (Å²) in [6.07, 6.45) is -4.83. The van der Waals surface area contributed by atoms with Crippen LogP contribution in [0.4, 0.5) is 38.4 Å². The number of carbonyl (C=O) groups excluding carboxylic acids is 1. The molecule has 0 radical (unpaired) electrons. The molecular weight excluding hydrogens is 323 g/mol. The lowest BCUT2D eigenvalue weighted by molar-refractivity contribution is -0.141. The monoisotopic (exact) mass is 332 g/mol. The highest BCUT2D eigenvalue weighted by molar-refractivity contribution is 5.96. The molecule has 2 rings (SSSR count). The highest BCUT2D eigenvalue weighted by atomic mass is 19.4. The molecule has 0 bridgehead atoms. The van der Waals surface area contributed by atoms with Crippen molar-refractivity contribution < 1.29 is 26.7 Å². The molecule has 0 aliphatic rings. The lowest BCUT2D eigenvalue weighted by Gasteiger charge is -2.20. The van der Waals surface area contributed by atoms with Gasteiger partial charge in [0.2, 0.25) is 5.95 Å². The summed E-state index contributed by atoms with van der Waals surface area (Å²) >= 11 is 0. The number of anilines is 2. The van der Waals surface area contributed by atoms with Gasteiger partial charge in [-0.15, -0.1) is 0 Å². The van der Waals surface area contributed by atoms with Crippen LogP contribution < -0.4 is 10.6 Å². The Hall–Kier alpha value is -2.78. The molecule has 0 saturated carbocycles. The number of aromatic nitrogens is 2. The van der Waals surface area contributed by atoms with Gasteiger partial charge in [-0.05, 0) is 25.1 Å². The SMILES string of the molecule is Cc1cc(C(F)(F)F)nc(N(C(N)=O)c2c(F)cccc2F)n1. The van der Waals surface area contributed by atoms with Crippen LogP contribution in [0.15, 0.2) is 24.3 Å². The molecule has 1 heterocycles. The molecule has 0 spiro atoms. The van der Waals surface area contributed by atoms with Gasteiger partial charge in [0.05, 0.1) is 0 Å². The first-order valence-corrected chi connectivity index (χ1v) is 6.07. The molecule has 10 heteroatoms. The van der Waals surface area contributed by atoms with Crippen LogP contribution in [0.25, 0.3) is 0 Å². The molecular formula is C13H9F5N4O. The summed E-state index contributed by atoms with van der Waals surface area (Å²) in [5, 5.41) is 0. The Morgan fingerprint density at radius 3 is 2.22 bits per heavy atom. The summed E-state index contributed by atoms with van der Waals surface area (Å²) in [4.78, 5) is 18.4. The maximum atomic E-state index is 13.8. The first-order valence-electron chi connectivity index (χ1n) is 6.07. The number of urea groups is 1. The average Bonchev–Trinajstić information content (AvgIpc) is 2.40. The summed E-state index contributed by atoms with van der Waals surface area (Å²) in [5.74, 6) is -3.29. The lowest BCUT2D eigenvalue weighted by atomic mass is 10.2. The highest BCUT2D eigenvalue weighted by Gasteiger charge is 2.35. The van der Waals surface area contributed by atoms with Gasteiger partial charge in [-0.2, -0.15) is 13.2 Å². The van der Waals surface area contributed by atoms with Gasteiger partial charge in [-0.25, -0.2) is 28.4 Å². The normalized spacial score (nSPS) is 11.4. The largest absolute Gasteiger partial charge is 0.433 e. The van der Waals surface area contributed by atoms with Crippen molar-refractivity contribution >= 4 is 17.7 Å². The molecule has 0 saturated heterocycles. The van der Waals surface area contributed by atoms with E-state index in [0.717, 1.165) is 18.2 Å². The molecule has 1 aromatic carbocycles. The van der Waals surface area contributed by atoms with Crippen molar-refractivity contribution in [2.24, 2.45) is 5.73 Å². The molecule has 122 valence electrons. The number of hydrogen-bond donors (Lipinski definition) is 1. The van der Waals surface area contributed by atoms with Gasteiger partial charge in [0, 0.05) is 5.69 Å². The van der Waals surface area contributed by atoms with Crippen molar-refractivity contribution in [1.29, 1.82) is 0 Å². The van der Waals surface area contributed by atoms with Gasteiger partial charge in [0.1, 0.15) is 23.0 Å². The van der Waals surface area contributed by atoms with E-state index in [1.54, 1.807) is 0 Å². The van der Waals surface area contributed by atoms with Crippen molar-refractivity contribution in [2.75, 3.05) is 4.90 Å². The van der Waals surface area contributed by atoms with Gasteiger partial charge >= 0.3 is 12.2 Å². The molecule has 0 atom stereocenters. The third-order valence-electron chi connectivity index (χ3n) is 2.71. The van der Waals surface area contributed by atoms with Crippen LogP contribution in [-0.2, 0) is 6.18 Å². The van der Waals surface area contributed by atoms with Gasteiger partial charge < -0.3 is 5.73 Å². The van der Waals surface area contributed by atoms with E-state index in [4.69, 9.17) is 5.73 Å². The molecule has 1 aromatic heterocycles. The first kappa shape index (κ1) is 16.6. The molecule has 0 aliphatic carbocycles. The standard InChI is InChI=1S/C13H9F5N4O/c1-6-5-9(13(16,17)18)21-12(20-6)22(11(19)23)10-7(14)3-2-4-8(10)15/h2-5H,1H3,(H2,19,23). The lowest BCUT2D eigenvalue weighted by Crippen LogP contribution is -2.34. The summed E-state index contributed by atoms with van der Waals surface area (Å²) in [6.45, 7) is 1.21. The smallest absolute Gasteiger partial charge is 0.351 e. The number of nitrogens with two attached hydrogens (primary N) is 1. The third kappa shape index (κ3) is 3.35. The van der Waals surface area contributed by atoms with Crippen LogP contribution in [0.1, 0.15) is 11.4 Å². The summed E-state index contributed by atoms with van der Waals surface area (Å²) in [7, 11) is 0. The minimum absolute atomic E-state index is 0.146. The maximum Gasteiger partial charge on any atom is 0.433 e. The molecule has 2 amide bonds. The Kier molecular flexibility index (Phi) is 4.17. The van der Waals surface area contributed by atoms with E-state index < -0.39 is 41.2 Å². The molecule has 2 aromatic rings. The Bertz CT molecular complexity index is 742. The fourth-order valence-electron chi connectivity index (χ4n) is 1.81. The van der Waals surface area contributed by atoms with Crippen LogP contribution in [0.3, 0.4) is 0 Å². The Morgan fingerprint density at radius 2 is 1.74 bits per heavy atom. The summed E-state index contributed by atoms with van der Waals surface area (Å²) in [5.41, 5.74) is 2.55. The van der Waals surface area contributed by atoms with Crippen LogP contribution in [0.2, 0.25) is 0 Å². The first-order chi connectivity index (χ1) is 10.6. The number of carbonyl (C=O) groups is 1. The molecule has 23 heavy (non-hydrogen) atoms. The Balaban J connectivity index is 2.69. The molecule has 5 nitrogen and oxygen atoms in total. The molecule has 0 aliphatic heterocycles. The zero-order valence-corrected chi connectivity index (χ0v) is 11.5. The topological polar surface area (TPSA) is 72.1 Å². The van der Waals surface area contributed by atoms with Crippen LogP contribution in [0.5, 0.6) is 0 Å². The van der Waals surface area contributed by atoms with Gasteiger partial charge in [-0.1, -0.05) is 6.07 Å². The predicted octanol–water partition coefficient (Wildman–Crippen LogP) is 3.30. The Morgan fingerprint density at radius 1 is 1.17 bits per heavy atom. The minimum Gasteiger partial charge on any atom is -0.351 e. The van der Waals surface area contributed by atoms with Crippen molar-refractivity contribution in [3.63, 3.8) is 0 Å². The van der Waals surface area contributed by atoms with Crippen molar-refractivity contribution in [2.45, 2.75) is 13.1 Å². The quantitative estimate of drug-likeness (QED) is 0.858. The van der Waals surface area contributed by atoms with Crippen molar-refractivity contribution in [3.05, 3.63) is 47.3 Å². The zero-order valence-electron chi connectivity index (χ0n) is 11.5. The van der Waals surface area contributed by atoms with E-state index >= 15 is 0 Å². The number of rotatable bonds is 2. The summed E-state index contributed by atoms with van der Waals surface area (Å²) < 4.78 is 66.0. The molecule has 0 unspecified atom stereocenters. The van der Waals surface area contributed by atoms with E-state index in [1.165, 1.54) is 6.92 Å². The second-order valence-corrected chi connectivity index (χ2v) is 4.44. The summed E-state index contributed by atoms with van der Waals surface area (Å²) in [6, 6.07) is 1.84. The van der Waals surface area contributed by atoms with Crippen molar-refractivity contribution in [1.82, 2.24) is 9.97 Å². The van der Waals surface area contributed by atoms with Crippen molar-refractivity contribution in [3.8, 4) is 0 Å². The fourth-order valence-corrected chi connectivity index (χ4v) is 1.81. The fraction of sp³-hybridized carbons (Fsp3) is 0.154. The van der Waals surface area contributed by atoms with E-state index in [1.807, 2.05) is 0 Å².